The summed E-state index contributed by atoms with van der Waals surface area (Å²) >= 11 is 1.55. The van der Waals surface area contributed by atoms with Crippen LogP contribution in [-0.2, 0) is 6.54 Å². The van der Waals surface area contributed by atoms with Crippen molar-refractivity contribution in [3.05, 3.63) is 47.8 Å². The molecular weight excluding hydrogens is 316 g/mol. The van der Waals surface area contributed by atoms with Gasteiger partial charge in [0.1, 0.15) is 12.7 Å². The maximum absolute atomic E-state index is 12.2. The molecule has 3 aromatic heterocycles. The summed E-state index contributed by atoms with van der Waals surface area (Å²) in [5.74, 6) is 0.105. The van der Waals surface area contributed by atoms with Crippen LogP contribution in [0.15, 0.2) is 36.4 Å². The Hall–Kier alpha value is -3.14. The van der Waals surface area contributed by atoms with E-state index in [2.05, 4.69) is 35.7 Å². The number of rotatable bonds is 4. The topological polar surface area (TPSA) is 114 Å². The molecule has 4 aromatic rings. The number of fused-ring (bicyclic) bond motifs is 1. The van der Waals surface area contributed by atoms with Crippen LogP contribution in [0.25, 0.3) is 16.2 Å². The third kappa shape index (κ3) is 2.55. The predicted molar refractivity (Wildman–Crippen MR) is 82.1 cm³/mol. The number of thiazole rings is 1. The van der Waals surface area contributed by atoms with Gasteiger partial charge in [-0.2, -0.15) is 4.98 Å². The lowest BCUT2D eigenvalue weighted by Gasteiger charge is -2.04. The van der Waals surface area contributed by atoms with E-state index < -0.39 is 0 Å². The average molecular weight is 326 g/mol. The van der Waals surface area contributed by atoms with E-state index in [1.165, 1.54) is 17.2 Å². The lowest BCUT2D eigenvalue weighted by Crippen LogP contribution is -2.24. The summed E-state index contributed by atoms with van der Waals surface area (Å²) in [5.41, 5.74) is 3.73. The van der Waals surface area contributed by atoms with Gasteiger partial charge in [0.2, 0.25) is 5.82 Å². The van der Waals surface area contributed by atoms with Crippen molar-refractivity contribution in [3.8, 4) is 5.95 Å². The fourth-order valence-corrected chi connectivity index (χ4v) is 2.92. The largest absolute Gasteiger partial charge is 0.345 e. The van der Waals surface area contributed by atoms with Gasteiger partial charge in [0, 0.05) is 6.54 Å². The van der Waals surface area contributed by atoms with Gasteiger partial charge in [0.05, 0.1) is 15.7 Å². The maximum Gasteiger partial charge on any atom is 0.288 e. The fourth-order valence-electron chi connectivity index (χ4n) is 2.12. The Morgan fingerprint density at radius 1 is 1.30 bits per heavy atom. The smallest absolute Gasteiger partial charge is 0.288 e. The molecule has 0 unspecified atom stereocenters. The van der Waals surface area contributed by atoms with E-state index in [-0.39, 0.29) is 11.7 Å². The summed E-state index contributed by atoms with van der Waals surface area (Å²) in [6.45, 7) is 0.390. The number of nitrogens with one attached hydrogen (secondary N) is 2. The zero-order valence-corrected chi connectivity index (χ0v) is 12.5. The summed E-state index contributed by atoms with van der Waals surface area (Å²) in [6, 6.07) is 5.82. The minimum absolute atomic E-state index is 0.130. The molecule has 1 amide bonds. The monoisotopic (exact) mass is 326 g/mol. The second-order valence-corrected chi connectivity index (χ2v) is 5.51. The van der Waals surface area contributed by atoms with Crippen LogP contribution in [0.3, 0.4) is 0 Å². The van der Waals surface area contributed by atoms with Crippen molar-refractivity contribution in [3.63, 3.8) is 0 Å². The Bertz CT molecular complexity index is 957. The molecule has 1 aromatic carbocycles. The van der Waals surface area contributed by atoms with Crippen molar-refractivity contribution in [2.24, 2.45) is 0 Å². The highest BCUT2D eigenvalue weighted by atomic mass is 32.1. The number of aromatic amines is 1. The fraction of sp³-hybridized carbons (Fsp3) is 0.0769. The van der Waals surface area contributed by atoms with E-state index in [1.54, 1.807) is 16.8 Å². The molecule has 0 atom stereocenters. The van der Waals surface area contributed by atoms with Crippen molar-refractivity contribution in [1.82, 2.24) is 40.2 Å². The quantitative estimate of drug-likeness (QED) is 0.576. The van der Waals surface area contributed by atoms with E-state index in [1.807, 2.05) is 18.2 Å². The van der Waals surface area contributed by atoms with Gasteiger partial charge in [-0.05, 0) is 11.6 Å². The Labute approximate surface area is 133 Å². The number of aromatic nitrogens is 7. The van der Waals surface area contributed by atoms with Crippen LogP contribution in [0, 0.1) is 0 Å². The first-order chi connectivity index (χ1) is 11.3. The van der Waals surface area contributed by atoms with Crippen molar-refractivity contribution in [2.45, 2.75) is 6.54 Å². The first-order valence-electron chi connectivity index (χ1n) is 6.68. The third-order valence-corrected chi connectivity index (χ3v) is 4.13. The molecule has 23 heavy (non-hydrogen) atoms. The highest BCUT2D eigenvalue weighted by Gasteiger charge is 2.13. The van der Waals surface area contributed by atoms with Crippen molar-refractivity contribution < 1.29 is 4.79 Å². The lowest BCUT2D eigenvalue weighted by atomic mass is 10.2. The Morgan fingerprint density at radius 2 is 2.17 bits per heavy atom. The van der Waals surface area contributed by atoms with E-state index >= 15 is 0 Å². The van der Waals surface area contributed by atoms with Crippen molar-refractivity contribution in [2.75, 3.05) is 0 Å². The Morgan fingerprint density at radius 3 is 3.04 bits per heavy atom. The maximum atomic E-state index is 12.2. The molecule has 9 nitrogen and oxygen atoms in total. The van der Waals surface area contributed by atoms with Gasteiger partial charge in [0.15, 0.2) is 0 Å². The zero-order chi connectivity index (χ0) is 15.6. The summed E-state index contributed by atoms with van der Waals surface area (Å²) in [4.78, 5) is 20.5. The van der Waals surface area contributed by atoms with Crippen LogP contribution in [0.1, 0.15) is 16.2 Å². The number of hydrogen-bond acceptors (Lipinski definition) is 7. The molecule has 0 aliphatic heterocycles. The molecule has 0 radical (unpaired) electrons. The highest BCUT2D eigenvalue weighted by Crippen LogP contribution is 2.21. The van der Waals surface area contributed by atoms with Gasteiger partial charge in [0.25, 0.3) is 11.9 Å². The number of carbonyl (C=O) groups is 1. The number of nitrogens with zero attached hydrogens (tertiary/aromatic N) is 6. The van der Waals surface area contributed by atoms with Gasteiger partial charge >= 0.3 is 0 Å². The van der Waals surface area contributed by atoms with Crippen molar-refractivity contribution in [1.29, 1.82) is 0 Å². The minimum Gasteiger partial charge on any atom is -0.345 e. The SMILES string of the molecule is O=C(NCc1cccc2ncsc12)c1nc(-n2cnnc2)n[nH]1. The molecule has 0 aliphatic rings. The van der Waals surface area contributed by atoms with E-state index in [9.17, 15) is 4.79 Å². The lowest BCUT2D eigenvalue weighted by molar-refractivity contribution is 0.0941. The molecule has 3 heterocycles. The molecule has 0 saturated heterocycles. The van der Waals surface area contributed by atoms with Crippen LogP contribution < -0.4 is 5.32 Å². The van der Waals surface area contributed by atoms with Gasteiger partial charge < -0.3 is 5.32 Å². The number of carbonyl (C=O) groups excluding carboxylic acids is 1. The standard InChI is InChI=1S/C13H10N8OS/c22-12(11-18-13(20-19-11)21-5-16-17-6-21)14-4-8-2-1-3-9-10(8)23-7-15-9/h1-3,5-7H,4H2,(H,14,22)(H,18,19,20). The molecule has 4 rings (SSSR count). The van der Waals surface area contributed by atoms with E-state index in [0.717, 1.165) is 15.8 Å². The second kappa shape index (κ2) is 5.57. The number of amides is 1. The van der Waals surface area contributed by atoms with Crippen LogP contribution >= 0.6 is 11.3 Å². The molecule has 0 fully saturated rings. The number of benzene rings is 1. The first kappa shape index (κ1) is 13.5. The second-order valence-electron chi connectivity index (χ2n) is 4.65. The molecule has 0 bridgehead atoms. The Balaban J connectivity index is 1.49. The summed E-state index contributed by atoms with van der Waals surface area (Å²) in [5, 5.41) is 16.7. The summed E-state index contributed by atoms with van der Waals surface area (Å²) in [7, 11) is 0. The van der Waals surface area contributed by atoms with Crippen molar-refractivity contribution >= 4 is 27.5 Å². The molecule has 2 N–H and O–H groups in total. The first-order valence-corrected chi connectivity index (χ1v) is 7.56. The third-order valence-electron chi connectivity index (χ3n) is 3.22. The normalized spacial score (nSPS) is 11.0. The number of hydrogen-bond donors (Lipinski definition) is 2. The molecule has 0 aliphatic carbocycles. The molecule has 0 saturated carbocycles. The summed E-state index contributed by atoms with van der Waals surface area (Å²) < 4.78 is 2.57. The van der Waals surface area contributed by atoms with Gasteiger partial charge in [-0.3, -0.25) is 14.5 Å². The Kier molecular flexibility index (Phi) is 3.27. The minimum atomic E-state index is -0.335. The molecule has 10 heteroatoms. The van der Waals surface area contributed by atoms with Gasteiger partial charge in [-0.25, -0.2) is 4.98 Å². The van der Waals surface area contributed by atoms with E-state index in [4.69, 9.17) is 0 Å². The van der Waals surface area contributed by atoms with E-state index in [0.29, 0.717) is 12.5 Å². The molecule has 0 spiro atoms. The predicted octanol–water partition coefficient (Wildman–Crippen LogP) is 0.925. The summed E-state index contributed by atoms with van der Waals surface area (Å²) in [6.07, 6.45) is 2.91. The van der Waals surface area contributed by atoms with Crippen LogP contribution in [0.2, 0.25) is 0 Å². The highest BCUT2D eigenvalue weighted by molar-refractivity contribution is 7.16. The number of H-pyrrole nitrogens is 1. The van der Waals surface area contributed by atoms with Crippen LogP contribution in [0.5, 0.6) is 0 Å². The van der Waals surface area contributed by atoms with Gasteiger partial charge in [-0.15, -0.1) is 26.6 Å². The van der Waals surface area contributed by atoms with Crippen LogP contribution in [0.4, 0.5) is 0 Å². The molecular formula is C13H10N8OS. The van der Waals surface area contributed by atoms with Gasteiger partial charge in [-0.1, -0.05) is 12.1 Å². The molecule has 114 valence electrons. The average Bonchev–Trinajstić information content (AvgIpc) is 3.32. The zero-order valence-electron chi connectivity index (χ0n) is 11.7. The van der Waals surface area contributed by atoms with Crippen LogP contribution in [-0.4, -0.2) is 40.8 Å².